The monoisotopic (exact) mass is 302 g/mol. The van der Waals surface area contributed by atoms with Crippen LogP contribution in [-0.2, 0) is 10.0 Å². The van der Waals surface area contributed by atoms with E-state index in [-0.39, 0.29) is 22.8 Å². The van der Waals surface area contributed by atoms with Gasteiger partial charge in [-0.15, -0.1) is 0 Å². The van der Waals surface area contributed by atoms with Gasteiger partial charge in [-0.2, -0.15) is 4.31 Å². The van der Waals surface area contributed by atoms with Gasteiger partial charge in [0.15, 0.2) is 0 Å². The SMILES string of the molecule is CCCN(CC)S(=O)(=O)c1cc([N+](=O)[O-])ccc1NN. The molecule has 20 heavy (non-hydrogen) atoms. The number of hydrazine groups is 1. The second kappa shape index (κ2) is 6.64. The minimum Gasteiger partial charge on any atom is -0.323 e. The Kier molecular flexibility index (Phi) is 5.43. The summed E-state index contributed by atoms with van der Waals surface area (Å²) in [5.41, 5.74) is 2.09. The maximum Gasteiger partial charge on any atom is 0.270 e. The molecule has 0 fully saturated rings. The van der Waals surface area contributed by atoms with Gasteiger partial charge in [0.1, 0.15) is 4.90 Å². The zero-order valence-corrected chi connectivity index (χ0v) is 12.2. The highest BCUT2D eigenvalue weighted by molar-refractivity contribution is 7.89. The summed E-state index contributed by atoms with van der Waals surface area (Å²) in [5, 5.41) is 10.8. The highest BCUT2D eigenvalue weighted by atomic mass is 32.2. The van der Waals surface area contributed by atoms with E-state index in [0.29, 0.717) is 13.0 Å². The lowest BCUT2D eigenvalue weighted by atomic mass is 10.3. The van der Waals surface area contributed by atoms with Gasteiger partial charge in [-0.05, 0) is 12.5 Å². The average molecular weight is 302 g/mol. The van der Waals surface area contributed by atoms with Crippen molar-refractivity contribution in [3.8, 4) is 0 Å². The molecule has 0 radical (unpaired) electrons. The summed E-state index contributed by atoms with van der Waals surface area (Å²) < 4.78 is 26.3. The molecule has 8 nitrogen and oxygen atoms in total. The molecular weight excluding hydrogens is 284 g/mol. The van der Waals surface area contributed by atoms with E-state index in [1.54, 1.807) is 6.92 Å². The molecule has 0 heterocycles. The minimum absolute atomic E-state index is 0.130. The molecule has 0 saturated carbocycles. The maximum atomic E-state index is 12.5. The lowest BCUT2D eigenvalue weighted by molar-refractivity contribution is -0.385. The Labute approximate surface area is 117 Å². The number of nitro benzene ring substituents is 1. The van der Waals surface area contributed by atoms with Gasteiger partial charge >= 0.3 is 0 Å². The van der Waals surface area contributed by atoms with Crippen molar-refractivity contribution in [3.63, 3.8) is 0 Å². The van der Waals surface area contributed by atoms with Crippen molar-refractivity contribution in [2.45, 2.75) is 25.2 Å². The van der Waals surface area contributed by atoms with Crippen molar-refractivity contribution in [2.75, 3.05) is 18.5 Å². The van der Waals surface area contributed by atoms with E-state index in [9.17, 15) is 18.5 Å². The van der Waals surface area contributed by atoms with E-state index in [2.05, 4.69) is 5.43 Å². The standard InChI is InChI=1S/C11H18N4O4S/c1-3-7-14(4-2)20(18,19)11-8-9(15(16)17)5-6-10(11)13-12/h5-6,8,13H,3-4,7,12H2,1-2H3. The molecule has 0 unspecified atom stereocenters. The number of anilines is 1. The number of nitrogens with zero attached hydrogens (tertiary/aromatic N) is 2. The second-order valence-electron chi connectivity index (χ2n) is 4.08. The quantitative estimate of drug-likeness (QED) is 0.445. The number of hydrogen-bond donors (Lipinski definition) is 2. The Morgan fingerprint density at radius 1 is 1.40 bits per heavy atom. The van der Waals surface area contributed by atoms with Gasteiger partial charge in [0.25, 0.3) is 5.69 Å². The molecule has 0 aromatic heterocycles. The van der Waals surface area contributed by atoms with Crippen LogP contribution in [0.4, 0.5) is 11.4 Å². The van der Waals surface area contributed by atoms with Crippen LogP contribution in [-0.4, -0.2) is 30.7 Å². The van der Waals surface area contributed by atoms with E-state index in [1.807, 2.05) is 6.92 Å². The van der Waals surface area contributed by atoms with Gasteiger partial charge in [0.05, 0.1) is 10.6 Å². The zero-order chi connectivity index (χ0) is 15.3. The highest BCUT2D eigenvalue weighted by Crippen LogP contribution is 2.28. The van der Waals surface area contributed by atoms with E-state index in [0.717, 1.165) is 6.07 Å². The molecule has 0 atom stereocenters. The summed E-state index contributed by atoms with van der Waals surface area (Å²) in [7, 11) is -3.83. The Morgan fingerprint density at radius 3 is 2.50 bits per heavy atom. The number of benzene rings is 1. The van der Waals surface area contributed by atoms with Crippen LogP contribution >= 0.6 is 0 Å². The van der Waals surface area contributed by atoms with Gasteiger partial charge in [-0.25, -0.2) is 8.42 Å². The third-order valence-corrected chi connectivity index (χ3v) is 4.79. The van der Waals surface area contributed by atoms with Crippen molar-refractivity contribution in [1.82, 2.24) is 4.31 Å². The Bertz CT molecular complexity index is 588. The number of nitro groups is 1. The van der Waals surface area contributed by atoms with Gasteiger partial charge in [-0.1, -0.05) is 13.8 Å². The first-order chi connectivity index (χ1) is 9.38. The van der Waals surface area contributed by atoms with Gasteiger partial charge in [-0.3, -0.25) is 16.0 Å². The molecule has 0 bridgehead atoms. The summed E-state index contributed by atoms with van der Waals surface area (Å²) in [5.74, 6) is 5.29. The molecule has 0 spiro atoms. The molecule has 1 aromatic rings. The van der Waals surface area contributed by atoms with Crippen LogP contribution in [0.15, 0.2) is 23.1 Å². The molecule has 1 rings (SSSR count). The predicted molar refractivity (Wildman–Crippen MR) is 75.6 cm³/mol. The Morgan fingerprint density at radius 2 is 2.05 bits per heavy atom. The minimum atomic E-state index is -3.83. The molecule has 0 aliphatic rings. The van der Waals surface area contributed by atoms with Gasteiger partial charge in [0, 0.05) is 25.2 Å². The van der Waals surface area contributed by atoms with Crippen molar-refractivity contribution in [1.29, 1.82) is 0 Å². The van der Waals surface area contributed by atoms with E-state index >= 15 is 0 Å². The van der Waals surface area contributed by atoms with Crippen molar-refractivity contribution in [2.24, 2.45) is 5.84 Å². The lowest BCUT2D eigenvalue weighted by Gasteiger charge is -2.21. The van der Waals surface area contributed by atoms with Gasteiger partial charge in [0.2, 0.25) is 10.0 Å². The van der Waals surface area contributed by atoms with Crippen LogP contribution in [0.3, 0.4) is 0 Å². The van der Waals surface area contributed by atoms with Gasteiger partial charge < -0.3 is 5.43 Å². The summed E-state index contributed by atoms with van der Waals surface area (Å²) in [4.78, 5) is 9.96. The topological polar surface area (TPSA) is 119 Å². The number of nitrogens with two attached hydrogens (primary N) is 1. The number of nitrogens with one attached hydrogen (secondary N) is 1. The maximum absolute atomic E-state index is 12.5. The van der Waals surface area contributed by atoms with E-state index < -0.39 is 14.9 Å². The van der Waals surface area contributed by atoms with Crippen LogP contribution in [0.5, 0.6) is 0 Å². The first-order valence-corrected chi connectivity index (χ1v) is 7.57. The molecule has 3 N–H and O–H groups in total. The Balaban J connectivity index is 3.41. The number of nitrogen functional groups attached to an aromatic ring is 1. The predicted octanol–water partition coefficient (Wildman–Crippen LogP) is 1.30. The van der Waals surface area contributed by atoms with Crippen molar-refractivity contribution >= 4 is 21.4 Å². The fourth-order valence-electron chi connectivity index (χ4n) is 1.79. The average Bonchev–Trinajstić information content (AvgIpc) is 2.43. The first kappa shape index (κ1) is 16.3. The number of sulfonamides is 1. The molecular formula is C11H18N4O4S. The largest absolute Gasteiger partial charge is 0.323 e. The van der Waals surface area contributed by atoms with Crippen LogP contribution < -0.4 is 11.3 Å². The molecule has 1 aromatic carbocycles. The molecule has 0 aliphatic heterocycles. The lowest BCUT2D eigenvalue weighted by Crippen LogP contribution is -2.32. The second-order valence-corrected chi connectivity index (χ2v) is 5.98. The van der Waals surface area contributed by atoms with Crippen LogP contribution in [0.2, 0.25) is 0 Å². The fourth-order valence-corrected chi connectivity index (χ4v) is 3.51. The van der Waals surface area contributed by atoms with E-state index in [1.165, 1.54) is 16.4 Å². The van der Waals surface area contributed by atoms with Crippen molar-refractivity contribution < 1.29 is 13.3 Å². The van der Waals surface area contributed by atoms with E-state index in [4.69, 9.17) is 5.84 Å². The van der Waals surface area contributed by atoms with Crippen LogP contribution in [0.25, 0.3) is 0 Å². The van der Waals surface area contributed by atoms with Crippen LogP contribution in [0, 0.1) is 10.1 Å². The summed E-state index contributed by atoms with van der Waals surface area (Å²) in [6, 6.07) is 3.50. The summed E-state index contributed by atoms with van der Waals surface area (Å²) >= 11 is 0. The molecule has 0 amide bonds. The third-order valence-electron chi connectivity index (χ3n) is 2.78. The molecule has 0 aliphatic carbocycles. The summed E-state index contributed by atoms with van der Waals surface area (Å²) in [6.07, 6.45) is 0.646. The molecule has 9 heteroatoms. The van der Waals surface area contributed by atoms with Crippen LogP contribution in [0.1, 0.15) is 20.3 Å². The smallest absolute Gasteiger partial charge is 0.270 e. The molecule has 112 valence electrons. The number of hydrogen-bond acceptors (Lipinski definition) is 6. The fraction of sp³-hybridized carbons (Fsp3) is 0.455. The number of non-ortho nitro benzene ring substituents is 1. The summed E-state index contributed by atoms with van der Waals surface area (Å²) in [6.45, 7) is 4.18. The Hall–Kier alpha value is -1.71. The third kappa shape index (κ3) is 3.24. The normalized spacial score (nSPS) is 11.6. The number of rotatable bonds is 7. The highest BCUT2D eigenvalue weighted by Gasteiger charge is 2.27. The zero-order valence-electron chi connectivity index (χ0n) is 11.4. The van der Waals surface area contributed by atoms with Crippen molar-refractivity contribution in [3.05, 3.63) is 28.3 Å². The molecule has 0 saturated heterocycles. The first-order valence-electron chi connectivity index (χ1n) is 6.13.